The SMILES string of the molecule is CCC1CCC(C(=O)O)C(CCS(=O)(=O)C(C)C)C1. The highest BCUT2D eigenvalue weighted by Crippen LogP contribution is 2.37. The van der Waals surface area contributed by atoms with E-state index in [0.717, 1.165) is 19.3 Å². The Morgan fingerprint density at radius 3 is 2.42 bits per heavy atom. The first-order valence-electron chi connectivity index (χ1n) is 7.22. The van der Waals surface area contributed by atoms with E-state index in [9.17, 15) is 18.3 Å². The van der Waals surface area contributed by atoms with Gasteiger partial charge in [0.25, 0.3) is 0 Å². The van der Waals surface area contributed by atoms with Crippen LogP contribution in [0.3, 0.4) is 0 Å². The highest BCUT2D eigenvalue weighted by molar-refractivity contribution is 7.91. The van der Waals surface area contributed by atoms with Gasteiger partial charge in [0.1, 0.15) is 0 Å². The number of carboxylic acid groups (broad SMARTS) is 1. The van der Waals surface area contributed by atoms with Gasteiger partial charge in [-0.05, 0) is 51.4 Å². The summed E-state index contributed by atoms with van der Waals surface area (Å²) < 4.78 is 23.7. The number of carbonyl (C=O) groups is 1. The Bertz CT molecular complexity index is 400. The summed E-state index contributed by atoms with van der Waals surface area (Å²) in [6.07, 6.45) is 4.07. The zero-order valence-electron chi connectivity index (χ0n) is 12.1. The monoisotopic (exact) mass is 290 g/mol. The van der Waals surface area contributed by atoms with Crippen LogP contribution in [0.15, 0.2) is 0 Å². The van der Waals surface area contributed by atoms with Crippen molar-refractivity contribution in [3.05, 3.63) is 0 Å². The molecule has 1 aliphatic carbocycles. The van der Waals surface area contributed by atoms with Gasteiger partial charge in [0.15, 0.2) is 9.84 Å². The first-order valence-corrected chi connectivity index (χ1v) is 8.93. The van der Waals surface area contributed by atoms with Gasteiger partial charge < -0.3 is 5.11 Å². The normalized spacial score (nSPS) is 28.5. The summed E-state index contributed by atoms with van der Waals surface area (Å²) in [6.45, 7) is 5.48. The lowest BCUT2D eigenvalue weighted by atomic mass is 9.72. The molecule has 5 heteroatoms. The van der Waals surface area contributed by atoms with Crippen LogP contribution in [-0.4, -0.2) is 30.5 Å². The molecule has 4 nitrogen and oxygen atoms in total. The Balaban J connectivity index is 2.68. The molecule has 1 fully saturated rings. The van der Waals surface area contributed by atoms with Crippen molar-refractivity contribution >= 4 is 15.8 Å². The van der Waals surface area contributed by atoms with E-state index >= 15 is 0 Å². The fourth-order valence-electron chi connectivity index (χ4n) is 2.93. The Morgan fingerprint density at radius 1 is 1.32 bits per heavy atom. The summed E-state index contributed by atoms with van der Waals surface area (Å²) in [5.74, 6) is -0.422. The van der Waals surface area contributed by atoms with Crippen molar-refractivity contribution in [1.29, 1.82) is 0 Å². The molecule has 0 radical (unpaired) electrons. The second-order valence-electron chi connectivity index (χ2n) is 6.00. The van der Waals surface area contributed by atoms with Gasteiger partial charge >= 0.3 is 5.97 Å². The van der Waals surface area contributed by atoms with Crippen molar-refractivity contribution < 1.29 is 18.3 Å². The largest absolute Gasteiger partial charge is 0.481 e. The molecule has 1 saturated carbocycles. The lowest BCUT2D eigenvalue weighted by Crippen LogP contribution is -2.32. The minimum Gasteiger partial charge on any atom is -0.481 e. The van der Waals surface area contributed by atoms with Crippen LogP contribution in [0.5, 0.6) is 0 Å². The minimum absolute atomic E-state index is 0.0183. The Kier molecular flexibility index (Phi) is 5.83. The van der Waals surface area contributed by atoms with Crippen molar-refractivity contribution in [3.63, 3.8) is 0 Å². The van der Waals surface area contributed by atoms with E-state index in [1.54, 1.807) is 13.8 Å². The minimum atomic E-state index is -3.06. The van der Waals surface area contributed by atoms with Crippen LogP contribution in [0.2, 0.25) is 0 Å². The van der Waals surface area contributed by atoms with Gasteiger partial charge in [0.05, 0.1) is 16.9 Å². The Morgan fingerprint density at radius 2 is 1.95 bits per heavy atom. The molecule has 0 aliphatic heterocycles. The van der Waals surface area contributed by atoms with Crippen molar-refractivity contribution in [2.24, 2.45) is 17.8 Å². The predicted molar refractivity (Wildman–Crippen MR) is 75.8 cm³/mol. The Labute approximate surface area is 116 Å². The lowest BCUT2D eigenvalue weighted by Gasteiger charge is -2.33. The van der Waals surface area contributed by atoms with Gasteiger partial charge in [0.2, 0.25) is 0 Å². The van der Waals surface area contributed by atoms with Crippen LogP contribution < -0.4 is 0 Å². The average molecular weight is 290 g/mol. The average Bonchev–Trinajstić information content (AvgIpc) is 2.35. The van der Waals surface area contributed by atoms with E-state index in [0.29, 0.717) is 18.8 Å². The topological polar surface area (TPSA) is 71.4 Å². The number of carboxylic acids is 1. The van der Waals surface area contributed by atoms with Crippen LogP contribution in [-0.2, 0) is 14.6 Å². The summed E-state index contributed by atoms with van der Waals surface area (Å²) in [6, 6.07) is 0. The molecule has 3 atom stereocenters. The van der Waals surface area contributed by atoms with Crippen molar-refractivity contribution in [2.45, 2.75) is 58.1 Å². The standard InChI is InChI=1S/C14H26O4S/c1-4-11-5-6-13(14(15)16)12(9-11)7-8-19(17,18)10(2)3/h10-13H,4-9H2,1-3H3,(H,15,16). The number of rotatable bonds is 6. The zero-order valence-corrected chi connectivity index (χ0v) is 12.9. The molecule has 0 bridgehead atoms. The summed E-state index contributed by atoms with van der Waals surface area (Å²) in [4.78, 5) is 11.3. The van der Waals surface area contributed by atoms with Crippen LogP contribution in [0.25, 0.3) is 0 Å². The predicted octanol–water partition coefficient (Wildman–Crippen LogP) is 2.73. The maximum atomic E-state index is 11.9. The van der Waals surface area contributed by atoms with Gasteiger partial charge in [-0.3, -0.25) is 4.79 Å². The summed E-state index contributed by atoms with van der Waals surface area (Å²) >= 11 is 0. The third-order valence-electron chi connectivity index (χ3n) is 4.48. The second-order valence-corrected chi connectivity index (χ2v) is 8.67. The van der Waals surface area contributed by atoms with E-state index in [1.165, 1.54) is 0 Å². The highest BCUT2D eigenvalue weighted by atomic mass is 32.2. The first kappa shape index (κ1) is 16.5. The fraction of sp³-hybridized carbons (Fsp3) is 0.929. The molecule has 0 spiro atoms. The molecule has 0 aromatic heterocycles. The first-order chi connectivity index (χ1) is 8.77. The molecule has 1 aliphatic rings. The number of hydrogen-bond donors (Lipinski definition) is 1. The molecule has 1 rings (SSSR count). The molecule has 112 valence electrons. The number of sulfone groups is 1. The molecule has 0 amide bonds. The Hall–Kier alpha value is -0.580. The summed E-state index contributed by atoms with van der Waals surface area (Å²) in [5, 5.41) is 8.88. The number of hydrogen-bond acceptors (Lipinski definition) is 3. The van der Waals surface area contributed by atoms with Gasteiger partial charge in [-0.1, -0.05) is 13.3 Å². The van der Waals surface area contributed by atoms with E-state index in [2.05, 4.69) is 6.92 Å². The maximum absolute atomic E-state index is 11.9. The molecule has 0 aromatic carbocycles. The number of aliphatic carboxylic acids is 1. The molecule has 0 saturated heterocycles. The highest BCUT2D eigenvalue weighted by Gasteiger charge is 2.35. The summed E-state index contributed by atoms with van der Waals surface area (Å²) in [5.41, 5.74) is 0. The second kappa shape index (κ2) is 6.73. The van der Waals surface area contributed by atoms with Crippen molar-refractivity contribution in [3.8, 4) is 0 Å². The quantitative estimate of drug-likeness (QED) is 0.816. The van der Waals surface area contributed by atoms with Gasteiger partial charge in [-0.2, -0.15) is 0 Å². The molecule has 1 N–H and O–H groups in total. The van der Waals surface area contributed by atoms with E-state index in [-0.39, 0.29) is 22.8 Å². The van der Waals surface area contributed by atoms with Crippen molar-refractivity contribution in [1.82, 2.24) is 0 Å². The van der Waals surface area contributed by atoms with Crippen LogP contribution in [0.1, 0.15) is 52.9 Å². The fourth-order valence-corrected chi connectivity index (χ4v) is 4.03. The zero-order chi connectivity index (χ0) is 14.6. The maximum Gasteiger partial charge on any atom is 0.306 e. The van der Waals surface area contributed by atoms with Crippen LogP contribution in [0.4, 0.5) is 0 Å². The molecular weight excluding hydrogens is 264 g/mol. The molecule has 3 unspecified atom stereocenters. The van der Waals surface area contributed by atoms with Gasteiger partial charge in [-0.25, -0.2) is 8.42 Å². The molecule has 0 heterocycles. The smallest absolute Gasteiger partial charge is 0.306 e. The molecule has 0 aromatic rings. The van der Waals surface area contributed by atoms with Crippen molar-refractivity contribution in [2.75, 3.05) is 5.75 Å². The van der Waals surface area contributed by atoms with E-state index in [1.807, 2.05) is 0 Å². The third kappa shape index (κ3) is 4.48. The lowest BCUT2D eigenvalue weighted by molar-refractivity contribution is -0.145. The van der Waals surface area contributed by atoms with Gasteiger partial charge in [-0.15, -0.1) is 0 Å². The molecular formula is C14H26O4S. The van der Waals surface area contributed by atoms with E-state index < -0.39 is 15.8 Å². The van der Waals surface area contributed by atoms with Gasteiger partial charge in [0, 0.05) is 0 Å². The van der Waals surface area contributed by atoms with E-state index in [4.69, 9.17) is 0 Å². The van der Waals surface area contributed by atoms with Crippen LogP contribution >= 0.6 is 0 Å². The third-order valence-corrected chi connectivity index (χ3v) is 6.72. The molecule has 19 heavy (non-hydrogen) atoms. The summed E-state index contributed by atoms with van der Waals surface area (Å²) in [7, 11) is -3.06. The van der Waals surface area contributed by atoms with Crippen LogP contribution in [0, 0.1) is 17.8 Å².